The molecule has 23 heavy (non-hydrogen) atoms. The first-order chi connectivity index (χ1) is 10.8. The first-order valence-corrected chi connectivity index (χ1v) is 9.53. The Bertz CT molecular complexity index is 519. The van der Waals surface area contributed by atoms with Crippen LogP contribution in [0.1, 0.15) is 71.6 Å². The van der Waals surface area contributed by atoms with Gasteiger partial charge < -0.3 is 0 Å². The van der Waals surface area contributed by atoms with Crippen LogP contribution < -0.4 is 0 Å². The summed E-state index contributed by atoms with van der Waals surface area (Å²) in [5.41, 5.74) is 1.42. The smallest absolute Gasteiger partial charge is 0.171 e. The monoisotopic (exact) mass is 326 g/mol. The van der Waals surface area contributed by atoms with Crippen molar-refractivity contribution in [2.24, 2.45) is 34.5 Å². The van der Waals surface area contributed by atoms with Gasteiger partial charge in [0.1, 0.15) is 0 Å². The Labute approximate surface area is 137 Å². The van der Waals surface area contributed by atoms with Gasteiger partial charge in [0.05, 0.1) is 5.92 Å². The molecule has 3 fully saturated rings. The Hall–Kier alpha value is -0.470. The van der Waals surface area contributed by atoms with Gasteiger partial charge in [-0.3, -0.25) is 0 Å². The minimum absolute atomic E-state index is 0.282. The van der Waals surface area contributed by atoms with Crippen LogP contribution in [0, 0.1) is 34.5 Å². The molecule has 4 aliphatic rings. The Morgan fingerprint density at radius 1 is 1.00 bits per heavy atom. The Morgan fingerprint density at radius 2 is 1.78 bits per heavy atom. The molecule has 0 spiro atoms. The lowest BCUT2D eigenvalue weighted by molar-refractivity contribution is -0.211. The predicted molar refractivity (Wildman–Crippen MR) is 85.9 cm³/mol. The fraction of sp³-hybridized carbons (Fsp3) is 0.900. The quantitative estimate of drug-likeness (QED) is 0.445. The lowest BCUT2D eigenvalue weighted by atomic mass is 9.47. The highest BCUT2D eigenvalue weighted by atomic mass is 19.4. The zero-order valence-electron chi connectivity index (χ0n) is 14.4. The third-order valence-electron chi connectivity index (χ3n) is 8.41. The predicted octanol–water partition coefficient (Wildman–Crippen LogP) is 6.52. The number of alkyl halides is 3. The normalized spacial score (nSPS) is 49.9. The second kappa shape index (κ2) is 5.02. The maximum Gasteiger partial charge on any atom is 0.392 e. The number of halogens is 3. The van der Waals surface area contributed by atoms with Gasteiger partial charge in [-0.1, -0.05) is 31.9 Å². The van der Waals surface area contributed by atoms with Gasteiger partial charge in [0, 0.05) is 0 Å². The van der Waals surface area contributed by atoms with Crippen LogP contribution >= 0.6 is 0 Å². The highest BCUT2D eigenvalue weighted by Crippen LogP contribution is 2.68. The van der Waals surface area contributed by atoms with Gasteiger partial charge in [-0.15, -0.1) is 0 Å². The molecule has 0 amide bonds. The van der Waals surface area contributed by atoms with Crippen molar-refractivity contribution in [2.75, 3.05) is 0 Å². The fourth-order valence-electron chi connectivity index (χ4n) is 7.24. The zero-order chi connectivity index (χ0) is 16.5. The molecule has 6 atom stereocenters. The number of allylic oxidation sites excluding steroid dienone is 2. The topological polar surface area (TPSA) is 0 Å². The van der Waals surface area contributed by atoms with Crippen molar-refractivity contribution >= 4 is 0 Å². The molecule has 4 aliphatic carbocycles. The van der Waals surface area contributed by atoms with Gasteiger partial charge in [0.15, 0.2) is 0 Å². The minimum atomic E-state index is -4.01. The highest BCUT2D eigenvalue weighted by molar-refractivity contribution is 5.24. The van der Waals surface area contributed by atoms with Crippen LogP contribution in [0.4, 0.5) is 13.2 Å². The van der Waals surface area contributed by atoms with E-state index in [1.807, 2.05) is 6.92 Å². The van der Waals surface area contributed by atoms with Gasteiger partial charge in [0.2, 0.25) is 0 Å². The third kappa shape index (κ3) is 2.17. The second-order valence-electron chi connectivity index (χ2n) is 9.18. The molecule has 0 aromatic heterocycles. The molecule has 0 aliphatic heterocycles. The summed E-state index contributed by atoms with van der Waals surface area (Å²) in [6.07, 6.45) is 7.50. The molecular formula is C20H29F3. The summed E-state index contributed by atoms with van der Waals surface area (Å²) in [4.78, 5) is 0. The van der Waals surface area contributed by atoms with Gasteiger partial charge in [-0.2, -0.15) is 13.2 Å². The van der Waals surface area contributed by atoms with Crippen LogP contribution in [0.25, 0.3) is 0 Å². The van der Waals surface area contributed by atoms with Gasteiger partial charge in [-0.25, -0.2) is 0 Å². The average Bonchev–Trinajstić information content (AvgIpc) is 2.84. The molecule has 4 rings (SSSR count). The lowest BCUT2D eigenvalue weighted by Gasteiger charge is -2.57. The van der Waals surface area contributed by atoms with E-state index in [0.717, 1.165) is 25.7 Å². The minimum Gasteiger partial charge on any atom is -0.171 e. The molecule has 3 saturated carbocycles. The third-order valence-corrected chi connectivity index (χ3v) is 8.41. The summed E-state index contributed by atoms with van der Waals surface area (Å²) in [7, 11) is 0. The molecule has 130 valence electrons. The van der Waals surface area contributed by atoms with Crippen molar-refractivity contribution in [2.45, 2.75) is 77.8 Å². The lowest BCUT2D eigenvalue weighted by Crippen LogP contribution is -2.51. The molecule has 0 bridgehead atoms. The molecule has 0 unspecified atom stereocenters. The van der Waals surface area contributed by atoms with Crippen LogP contribution in [0.5, 0.6) is 0 Å². The van der Waals surface area contributed by atoms with E-state index >= 15 is 0 Å². The van der Waals surface area contributed by atoms with E-state index < -0.39 is 17.5 Å². The first-order valence-electron chi connectivity index (χ1n) is 9.53. The maximum atomic E-state index is 13.5. The molecule has 3 heteroatoms. The maximum absolute atomic E-state index is 13.5. The van der Waals surface area contributed by atoms with E-state index in [2.05, 4.69) is 13.0 Å². The fourth-order valence-corrected chi connectivity index (χ4v) is 7.24. The molecule has 0 radical (unpaired) electrons. The van der Waals surface area contributed by atoms with Gasteiger partial charge >= 0.3 is 6.18 Å². The SMILES string of the molecule is C[C@]12CC[C@H]3[C@@H](CC=C4CCCC[C@@]43C)[C@@H]1CC[C@@H]2C(F)(F)F. The number of rotatable bonds is 0. The summed E-state index contributed by atoms with van der Waals surface area (Å²) in [6, 6.07) is 0. The first kappa shape index (κ1) is 16.0. The number of hydrogen-bond donors (Lipinski definition) is 0. The van der Waals surface area contributed by atoms with Crippen LogP contribution in [0.15, 0.2) is 11.6 Å². The number of fused-ring (bicyclic) bond motifs is 5. The Kier molecular flexibility index (Phi) is 3.50. The van der Waals surface area contributed by atoms with E-state index in [9.17, 15) is 13.2 Å². The average molecular weight is 326 g/mol. The molecule has 0 nitrogen and oxygen atoms in total. The Balaban J connectivity index is 1.67. The van der Waals surface area contributed by atoms with E-state index in [1.165, 1.54) is 25.7 Å². The van der Waals surface area contributed by atoms with Crippen molar-refractivity contribution in [3.8, 4) is 0 Å². The molecule has 0 saturated heterocycles. The standard InChI is InChI=1S/C20H29F3/c1-18-11-4-3-5-13(18)6-7-14-15-8-9-17(20(21,22)23)19(15,2)12-10-16(14)18/h6,14-17H,3-5,7-12H2,1-2H3/t14-,15-,16-,17-,18-,19-/m0/s1. The van der Waals surface area contributed by atoms with Crippen LogP contribution in [0.2, 0.25) is 0 Å². The van der Waals surface area contributed by atoms with Crippen molar-refractivity contribution in [1.29, 1.82) is 0 Å². The summed E-state index contributed by atoms with van der Waals surface area (Å²) in [6.45, 7) is 4.38. The summed E-state index contributed by atoms with van der Waals surface area (Å²) in [5, 5.41) is 0. The van der Waals surface area contributed by atoms with Crippen molar-refractivity contribution in [3.05, 3.63) is 11.6 Å². The summed E-state index contributed by atoms with van der Waals surface area (Å²) < 4.78 is 40.6. The van der Waals surface area contributed by atoms with E-state index in [1.54, 1.807) is 5.57 Å². The van der Waals surface area contributed by atoms with Crippen LogP contribution in [-0.4, -0.2) is 6.18 Å². The molecule has 0 heterocycles. The van der Waals surface area contributed by atoms with Crippen molar-refractivity contribution in [3.63, 3.8) is 0 Å². The molecule has 0 aromatic rings. The van der Waals surface area contributed by atoms with Crippen LogP contribution in [-0.2, 0) is 0 Å². The van der Waals surface area contributed by atoms with Crippen molar-refractivity contribution < 1.29 is 13.2 Å². The Morgan fingerprint density at radius 3 is 2.52 bits per heavy atom. The highest BCUT2D eigenvalue weighted by Gasteiger charge is 2.63. The van der Waals surface area contributed by atoms with Crippen LogP contribution in [0.3, 0.4) is 0 Å². The molecular weight excluding hydrogens is 297 g/mol. The summed E-state index contributed by atoms with van der Waals surface area (Å²) >= 11 is 0. The molecule has 0 N–H and O–H groups in total. The van der Waals surface area contributed by atoms with Gasteiger partial charge in [-0.05, 0) is 80.0 Å². The van der Waals surface area contributed by atoms with E-state index in [4.69, 9.17) is 0 Å². The number of hydrogen-bond acceptors (Lipinski definition) is 0. The second-order valence-corrected chi connectivity index (χ2v) is 9.18. The zero-order valence-corrected chi connectivity index (χ0v) is 14.4. The summed E-state index contributed by atoms with van der Waals surface area (Å²) in [5.74, 6) is 0.343. The van der Waals surface area contributed by atoms with Crippen molar-refractivity contribution in [1.82, 2.24) is 0 Å². The largest absolute Gasteiger partial charge is 0.392 e. The van der Waals surface area contributed by atoms with E-state index in [-0.39, 0.29) is 5.92 Å². The van der Waals surface area contributed by atoms with E-state index in [0.29, 0.717) is 23.7 Å². The van der Waals surface area contributed by atoms with Gasteiger partial charge in [0.25, 0.3) is 0 Å². The molecule has 0 aromatic carbocycles.